The van der Waals surface area contributed by atoms with Gasteiger partial charge in [-0.3, -0.25) is 4.79 Å². The van der Waals surface area contributed by atoms with Crippen molar-refractivity contribution in [3.63, 3.8) is 0 Å². The highest BCUT2D eigenvalue weighted by Gasteiger charge is 2.12. The lowest BCUT2D eigenvalue weighted by molar-refractivity contribution is 0.102. The van der Waals surface area contributed by atoms with Crippen LogP contribution in [0.1, 0.15) is 10.4 Å². The molecule has 1 amide bonds. The Morgan fingerprint density at radius 1 is 0.882 bits per heavy atom. The summed E-state index contributed by atoms with van der Waals surface area (Å²) in [4.78, 5) is 12.0. The molecule has 86 valence electrons. The lowest BCUT2D eigenvalue weighted by Crippen LogP contribution is -2.16. The summed E-state index contributed by atoms with van der Waals surface area (Å²) in [5, 5.41) is 2.74. The number of nitrogens with two attached hydrogens (primary N) is 2. The molecule has 5 N–H and O–H groups in total. The first-order chi connectivity index (χ1) is 8.18. The fourth-order valence-electron chi connectivity index (χ4n) is 1.57. The molecule has 0 radical (unpaired) electrons. The highest BCUT2D eigenvalue weighted by Crippen LogP contribution is 2.20. The molecule has 0 aliphatic heterocycles. The van der Waals surface area contributed by atoms with Crippen molar-refractivity contribution in [2.75, 3.05) is 16.8 Å². The van der Waals surface area contributed by atoms with Crippen LogP contribution in [0, 0.1) is 0 Å². The largest absolute Gasteiger partial charge is 0.398 e. The number of para-hydroxylation sites is 1. The molecule has 0 saturated heterocycles. The number of benzene rings is 2. The summed E-state index contributed by atoms with van der Waals surface area (Å²) in [6, 6.07) is 14.2. The summed E-state index contributed by atoms with van der Waals surface area (Å²) in [6.07, 6.45) is 0. The van der Waals surface area contributed by atoms with Crippen LogP contribution in [0.4, 0.5) is 17.1 Å². The van der Waals surface area contributed by atoms with Crippen molar-refractivity contribution in [3.8, 4) is 0 Å². The van der Waals surface area contributed by atoms with Gasteiger partial charge in [0.1, 0.15) is 0 Å². The fraction of sp³-hybridized carbons (Fsp3) is 0. The Hall–Kier alpha value is -2.49. The first kappa shape index (κ1) is 11.0. The molecule has 0 aliphatic carbocycles. The van der Waals surface area contributed by atoms with Crippen LogP contribution >= 0.6 is 0 Å². The van der Waals surface area contributed by atoms with E-state index in [1.165, 1.54) is 0 Å². The van der Waals surface area contributed by atoms with Crippen LogP contribution in [0.5, 0.6) is 0 Å². The number of hydrogen-bond acceptors (Lipinski definition) is 3. The zero-order valence-corrected chi connectivity index (χ0v) is 9.18. The standard InChI is InChI=1S/C13H13N3O/c14-10-7-4-8-11(15)12(10)13(17)16-9-5-2-1-3-6-9/h1-8H,14-15H2,(H,16,17). The van der Waals surface area contributed by atoms with Gasteiger partial charge in [-0.25, -0.2) is 0 Å². The number of amides is 1. The molecule has 0 unspecified atom stereocenters. The minimum Gasteiger partial charge on any atom is -0.398 e. The van der Waals surface area contributed by atoms with Crippen LogP contribution in [0.2, 0.25) is 0 Å². The van der Waals surface area contributed by atoms with E-state index in [1.807, 2.05) is 18.2 Å². The molecule has 4 heteroatoms. The predicted molar refractivity (Wildman–Crippen MR) is 69.7 cm³/mol. The van der Waals surface area contributed by atoms with Crippen molar-refractivity contribution >= 4 is 23.0 Å². The van der Waals surface area contributed by atoms with Crippen molar-refractivity contribution < 1.29 is 4.79 Å². The molecule has 17 heavy (non-hydrogen) atoms. The van der Waals surface area contributed by atoms with Gasteiger partial charge in [0.05, 0.1) is 5.56 Å². The van der Waals surface area contributed by atoms with Crippen LogP contribution < -0.4 is 16.8 Å². The van der Waals surface area contributed by atoms with E-state index in [0.717, 1.165) is 0 Å². The summed E-state index contributed by atoms with van der Waals surface area (Å²) >= 11 is 0. The minimum absolute atomic E-state index is 0.299. The van der Waals surface area contributed by atoms with Crippen LogP contribution in [-0.4, -0.2) is 5.91 Å². The maximum absolute atomic E-state index is 12.0. The molecule has 2 rings (SSSR count). The summed E-state index contributed by atoms with van der Waals surface area (Å²) in [5.74, 6) is -0.299. The molecule has 0 aromatic heterocycles. The second kappa shape index (κ2) is 4.57. The Bertz CT molecular complexity index is 517. The van der Waals surface area contributed by atoms with E-state index in [2.05, 4.69) is 5.32 Å². The van der Waals surface area contributed by atoms with Crippen molar-refractivity contribution in [1.82, 2.24) is 0 Å². The van der Waals surface area contributed by atoms with E-state index in [9.17, 15) is 4.79 Å². The summed E-state index contributed by atoms with van der Waals surface area (Å²) in [6.45, 7) is 0. The van der Waals surface area contributed by atoms with Gasteiger partial charge in [-0.05, 0) is 24.3 Å². The quantitative estimate of drug-likeness (QED) is 0.687. The van der Waals surface area contributed by atoms with E-state index >= 15 is 0 Å². The number of nitrogens with one attached hydrogen (secondary N) is 1. The highest BCUT2D eigenvalue weighted by atomic mass is 16.1. The van der Waals surface area contributed by atoms with Gasteiger partial charge in [-0.15, -0.1) is 0 Å². The normalized spacial score (nSPS) is 9.88. The van der Waals surface area contributed by atoms with Gasteiger partial charge >= 0.3 is 0 Å². The van der Waals surface area contributed by atoms with Crippen LogP contribution in [0.3, 0.4) is 0 Å². The molecule has 0 fully saturated rings. The van der Waals surface area contributed by atoms with E-state index in [4.69, 9.17) is 11.5 Å². The summed E-state index contributed by atoms with van der Waals surface area (Å²) in [7, 11) is 0. The Morgan fingerprint density at radius 3 is 2.06 bits per heavy atom. The number of anilines is 3. The molecule has 0 aliphatic rings. The van der Waals surface area contributed by atoms with Crippen LogP contribution in [0.25, 0.3) is 0 Å². The van der Waals surface area contributed by atoms with Gasteiger partial charge in [-0.1, -0.05) is 24.3 Å². The smallest absolute Gasteiger partial charge is 0.259 e. The first-order valence-electron chi connectivity index (χ1n) is 5.19. The van der Waals surface area contributed by atoms with Gasteiger partial charge in [0.2, 0.25) is 0 Å². The zero-order chi connectivity index (χ0) is 12.3. The zero-order valence-electron chi connectivity index (χ0n) is 9.18. The average Bonchev–Trinajstić information content (AvgIpc) is 2.30. The number of carbonyl (C=O) groups is 1. The second-order valence-corrected chi connectivity index (χ2v) is 3.63. The molecule has 2 aromatic carbocycles. The van der Waals surface area contributed by atoms with E-state index < -0.39 is 0 Å². The number of nitrogen functional groups attached to an aromatic ring is 2. The van der Waals surface area contributed by atoms with Gasteiger partial charge < -0.3 is 16.8 Å². The molecule has 4 nitrogen and oxygen atoms in total. The number of hydrogen-bond donors (Lipinski definition) is 3. The van der Waals surface area contributed by atoms with Crippen LogP contribution in [0.15, 0.2) is 48.5 Å². The molecular weight excluding hydrogens is 214 g/mol. The maximum atomic E-state index is 12.0. The number of carbonyl (C=O) groups excluding carboxylic acids is 1. The molecular formula is C13H13N3O. The van der Waals surface area contributed by atoms with Crippen molar-refractivity contribution in [3.05, 3.63) is 54.1 Å². The first-order valence-corrected chi connectivity index (χ1v) is 5.19. The second-order valence-electron chi connectivity index (χ2n) is 3.63. The minimum atomic E-state index is -0.299. The highest BCUT2D eigenvalue weighted by molar-refractivity contribution is 6.11. The molecule has 0 atom stereocenters. The van der Waals surface area contributed by atoms with Crippen molar-refractivity contribution in [2.45, 2.75) is 0 Å². The predicted octanol–water partition coefficient (Wildman–Crippen LogP) is 2.10. The SMILES string of the molecule is Nc1cccc(N)c1C(=O)Nc1ccccc1. The Morgan fingerprint density at radius 2 is 1.47 bits per heavy atom. The molecule has 2 aromatic rings. The summed E-state index contributed by atoms with van der Waals surface area (Å²) < 4.78 is 0. The van der Waals surface area contributed by atoms with Crippen molar-refractivity contribution in [2.24, 2.45) is 0 Å². The Balaban J connectivity index is 2.27. The van der Waals surface area contributed by atoms with E-state index in [0.29, 0.717) is 22.6 Å². The van der Waals surface area contributed by atoms with Gasteiger partial charge in [-0.2, -0.15) is 0 Å². The van der Waals surface area contributed by atoms with Gasteiger partial charge in [0.25, 0.3) is 5.91 Å². The topological polar surface area (TPSA) is 81.1 Å². The van der Waals surface area contributed by atoms with E-state index in [1.54, 1.807) is 30.3 Å². The molecule has 0 heterocycles. The Kier molecular flexibility index (Phi) is 2.96. The monoisotopic (exact) mass is 227 g/mol. The third-order valence-corrected chi connectivity index (χ3v) is 2.39. The van der Waals surface area contributed by atoms with Crippen molar-refractivity contribution in [1.29, 1.82) is 0 Å². The lowest BCUT2D eigenvalue weighted by Gasteiger charge is -2.09. The number of rotatable bonds is 2. The third kappa shape index (κ3) is 2.36. The fourth-order valence-corrected chi connectivity index (χ4v) is 1.57. The van der Waals surface area contributed by atoms with Gasteiger partial charge in [0, 0.05) is 17.1 Å². The maximum Gasteiger partial charge on any atom is 0.259 e. The summed E-state index contributed by atoms with van der Waals surface area (Å²) in [5.41, 5.74) is 13.2. The molecule has 0 saturated carbocycles. The van der Waals surface area contributed by atoms with Crippen LogP contribution in [-0.2, 0) is 0 Å². The average molecular weight is 227 g/mol. The molecule has 0 spiro atoms. The van der Waals surface area contributed by atoms with E-state index in [-0.39, 0.29) is 5.91 Å². The Labute approximate surface area is 99.2 Å². The molecule has 0 bridgehead atoms. The third-order valence-electron chi connectivity index (χ3n) is 2.39. The van der Waals surface area contributed by atoms with Gasteiger partial charge in [0.15, 0.2) is 0 Å². The lowest BCUT2D eigenvalue weighted by atomic mass is 10.1.